The molecule has 160 valence electrons. The molecule has 0 aromatic heterocycles. The lowest BCUT2D eigenvalue weighted by Gasteiger charge is -2.13. The molecule has 30 heavy (non-hydrogen) atoms. The molecule has 0 spiro atoms. The van der Waals surface area contributed by atoms with Gasteiger partial charge in [0.05, 0.1) is 28.4 Å². The van der Waals surface area contributed by atoms with Gasteiger partial charge in [-0.25, -0.2) is 9.59 Å². The molecule has 0 fully saturated rings. The first-order valence-electron chi connectivity index (χ1n) is 8.74. The zero-order valence-corrected chi connectivity index (χ0v) is 17.1. The van der Waals surface area contributed by atoms with Crippen LogP contribution in [0.25, 0.3) is 0 Å². The standard InChI is InChI=1S/C21H22O9/c1-25-14-7-5-8-15(26-2)18(14)20(23)29-11-13(22)12-30-21(24)19-16(27-3)9-6-10-17(19)28-4/h5-10H,11-12H2,1-4H3. The van der Waals surface area contributed by atoms with Crippen molar-refractivity contribution < 1.29 is 42.8 Å². The SMILES string of the molecule is COc1cccc(OC)c1C(=O)OCC(=O)COC(=O)c1c(OC)cccc1OC. The van der Waals surface area contributed by atoms with Crippen molar-refractivity contribution in [3.8, 4) is 23.0 Å². The molecule has 2 rings (SSSR count). The maximum atomic E-state index is 12.4. The number of methoxy groups -OCH3 is 4. The van der Waals surface area contributed by atoms with Crippen LogP contribution in [-0.4, -0.2) is 59.4 Å². The second-order valence-electron chi connectivity index (χ2n) is 5.77. The third-order valence-electron chi connectivity index (χ3n) is 3.99. The second kappa shape index (κ2) is 10.7. The summed E-state index contributed by atoms with van der Waals surface area (Å²) in [5.41, 5.74) is 0.0945. The van der Waals surface area contributed by atoms with E-state index in [1.165, 1.54) is 28.4 Å². The molecule has 2 aromatic rings. The molecule has 0 saturated heterocycles. The third kappa shape index (κ3) is 5.19. The Kier molecular flexibility index (Phi) is 8.04. The van der Waals surface area contributed by atoms with E-state index in [2.05, 4.69) is 0 Å². The van der Waals surface area contributed by atoms with Crippen molar-refractivity contribution in [2.24, 2.45) is 0 Å². The summed E-state index contributed by atoms with van der Waals surface area (Å²) in [6, 6.07) is 9.52. The predicted octanol–water partition coefficient (Wildman–Crippen LogP) is 2.30. The number of esters is 2. The number of hydrogen-bond acceptors (Lipinski definition) is 9. The van der Waals surface area contributed by atoms with Gasteiger partial charge in [0.1, 0.15) is 34.1 Å². The van der Waals surface area contributed by atoms with Gasteiger partial charge in [0.15, 0.2) is 13.2 Å². The summed E-state index contributed by atoms with van der Waals surface area (Å²) in [4.78, 5) is 36.8. The maximum absolute atomic E-state index is 12.4. The fourth-order valence-corrected chi connectivity index (χ4v) is 2.58. The van der Waals surface area contributed by atoms with Gasteiger partial charge in [-0.2, -0.15) is 0 Å². The molecule has 0 aliphatic carbocycles. The van der Waals surface area contributed by atoms with Crippen molar-refractivity contribution in [3.05, 3.63) is 47.5 Å². The molecule has 0 unspecified atom stereocenters. The summed E-state index contributed by atoms with van der Waals surface area (Å²) >= 11 is 0. The van der Waals surface area contributed by atoms with E-state index in [4.69, 9.17) is 28.4 Å². The Hall–Kier alpha value is -3.75. The summed E-state index contributed by atoms with van der Waals surface area (Å²) in [5.74, 6) is -1.30. The van der Waals surface area contributed by atoms with E-state index in [1.54, 1.807) is 36.4 Å². The molecule has 0 radical (unpaired) electrons. The Morgan fingerprint density at radius 1 is 0.600 bits per heavy atom. The third-order valence-corrected chi connectivity index (χ3v) is 3.99. The van der Waals surface area contributed by atoms with Gasteiger partial charge >= 0.3 is 11.9 Å². The van der Waals surface area contributed by atoms with E-state index in [0.29, 0.717) is 0 Å². The largest absolute Gasteiger partial charge is 0.496 e. The zero-order chi connectivity index (χ0) is 22.1. The number of ether oxygens (including phenoxy) is 6. The van der Waals surface area contributed by atoms with Gasteiger partial charge in [-0.3, -0.25) is 4.79 Å². The first-order chi connectivity index (χ1) is 14.5. The number of benzene rings is 2. The molecule has 0 aliphatic heterocycles. The van der Waals surface area contributed by atoms with Crippen molar-refractivity contribution in [1.82, 2.24) is 0 Å². The zero-order valence-electron chi connectivity index (χ0n) is 17.1. The molecule has 0 N–H and O–H groups in total. The Labute approximate surface area is 173 Å². The van der Waals surface area contributed by atoms with Crippen LogP contribution >= 0.6 is 0 Å². The number of Topliss-reactive ketones (excluding diaryl/α,β-unsaturated/α-hetero) is 1. The van der Waals surface area contributed by atoms with Crippen LogP contribution in [0.4, 0.5) is 0 Å². The van der Waals surface area contributed by atoms with Crippen molar-refractivity contribution in [3.63, 3.8) is 0 Å². The van der Waals surface area contributed by atoms with E-state index >= 15 is 0 Å². The molecule has 2 aromatic carbocycles. The first kappa shape index (κ1) is 22.5. The van der Waals surface area contributed by atoms with Crippen LogP contribution in [-0.2, 0) is 14.3 Å². The van der Waals surface area contributed by atoms with Crippen LogP contribution in [0, 0.1) is 0 Å². The lowest BCUT2D eigenvalue weighted by molar-refractivity contribution is -0.125. The predicted molar refractivity (Wildman–Crippen MR) is 105 cm³/mol. The maximum Gasteiger partial charge on any atom is 0.346 e. The van der Waals surface area contributed by atoms with Crippen LogP contribution in [0.15, 0.2) is 36.4 Å². The topological polar surface area (TPSA) is 107 Å². The highest BCUT2D eigenvalue weighted by Gasteiger charge is 2.23. The lowest BCUT2D eigenvalue weighted by atomic mass is 10.1. The van der Waals surface area contributed by atoms with Crippen LogP contribution < -0.4 is 18.9 Å². The van der Waals surface area contributed by atoms with Gasteiger partial charge in [-0.1, -0.05) is 12.1 Å². The normalized spacial score (nSPS) is 10.0. The molecule has 0 amide bonds. The van der Waals surface area contributed by atoms with Crippen molar-refractivity contribution >= 4 is 17.7 Å². The van der Waals surface area contributed by atoms with Crippen LogP contribution in [0.3, 0.4) is 0 Å². The fraction of sp³-hybridized carbons (Fsp3) is 0.286. The van der Waals surface area contributed by atoms with Gasteiger partial charge in [0.25, 0.3) is 0 Å². The Morgan fingerprint density at radius 3 is 1.17 bits per heavy atom. The number of rotatable bonds is 10. The van der Waals surface area contributed by atoms with Crippen LogP contribution in [0.2, 0.25) is 0 Å². The molecular weight excluding hydrogens is 396 g/mol. The second-order valence-corrected chi connectivity index (χ2v) is 5.77. The molecule has 9 heteroatoms. The van der Waals surface area contributed by atoms with Gasteiger partial charge in [0, 0.05) is 0 Å². The highest BCUT2D eigenvalue weighted by Crippen LogP contribution is 2.30. The van der Waals surface area contributed by atoms with E-state index in [0.717, 1.165) is 0 Å². The van der Waals surface area contributed by atoms with E-state index in [1.807, 2.05) is 0 Å². The smallest absolute Gasteiger partial charge is 0.346 e. The molecule has 0 heterocycles. The summed E-state index contributed by atoms with van der Waals surface area (Å²) in [6.07, 6.45) is 0. The van der Waals surface area contributed by atoms with E-state index in [9.17, 15) is 14.4 Å². The van der Waals surface area contributed by atoms with Crippen molar-refractivity contribution in [2.45, 2.75) is 0 Å². The Bertz CT molecular complexity index is 803. The molecule has 0 saturated carbocycles. The lowest BCUT2D eigenvalue weighted by Crippen LogP contribution is -2.21. The number of carbonyl (C=O) groups is 3. The van der Waals surface area contributed by atoms with Gasteiger partial charge < -0.3 is 28.4 Å². The number of ketones is 1. The summed E-state index contributed by atoms with van der Waals surface area (Å²) in [7, 11) is 5.56. The summed E-state index contributed by atoms with van der Waals surface area (Å²) < 4.78 is 30.5. The van der Waals surface area contributed by atoms with E-state index in [-0.39, 0.29) is 34.1 Å². The molecule has 9 nitrogen and oxygen atoms in total. The van der Waals surface area contributed by atoms with Crippen LogP contribution in [0.5, 0.6) is 23.0 Å². The average molecular weight is 418 g/mol. The Morgan fingerprint density at radius 2 is 0.900 bits per heavy atom. The monoisotopic (exact) mass is 418 g/mol. The van der Waals surface area contributed by atoms with Crippen molar-refractivity contribution in [1.29, 1.82) is 0 Å². The summed E-state index contributed by atoms with van der Waals surface area (Å²) in [5, 5.41) is 0. The minimum atomic E-state index is -0.810. The quantitative estimate of drug-likeness (QED) is 0.537. The van der Waals surface area contributed by atoms with Crippen molar-refractivity contribution in [2.75, 3.05) is 41.7 Å². The molecular formula is C21H22O9. The number of carbonyl (C=O) groups excluding carboxylic acids is 3. The molecule has 0 aliphatic rings. The van der Waals surface area contributed by atoms with Gasteiger partial charge in [-0.15, -0.1) is 0 Å². The average Bonchev–Trinajstić information content (AvgIpc) is 2.79. The molecule has 0 atom stereocenters. The van der Waals surface area contributed by atoms with Gasteiger partial charge in [-0.05, 0) is 24.3 Å². The fourth-order valence-electron chi connectivity index (χ4n) is 2.58. The van der Waals surface area contributed by atoms with Crippen LogP contribution in [0.1, 0.15) is 20.7 Å². The highest BCUT2D eigenvalue weighted by atomic mass is 16.6. The minimum absolute atomic E-state index is 0.0473. The Balaban J connectivity index is 1.98. The number of hydrogen-bond donors (Lipinski definition) is 0. The molecule has 0 bridgehead atoms. The highest BCUT2D eigenvalue weighted by molar-refractivity contribution is 5.98. The summed E-state index contributed by atoms with van der Waals surface area (Å²) in [6.45, 7) is -1.20. The first-order valence-corrected chi connectivity index (χ1v) is 8.74. The van der Waals surface area contributed by atoms with Gasteiger partial charge in [0.2, 0.25) is 5.78 Å². The van der Waals surface area contributed by atoms with E-state index < -0.39 is 30.9 Å². The minimum Gasteiger partial charge on any atom is -0.496 e.